The maximum absolute atomic E-state index is 5.19. The van der Waals surface area contributed by atoms with Crippen LogP contribution in [0, 0.1) is 0 Å². The highest BCUT2D eigenvalue weighted by atomic mass is 15.3. The van der Waals surface area contributed by atoms with Gasteiger partial charge in [-0.1, -0.05) is 0 Å². The van der Waals surface area contributed by atoms with Gasteiger partial charge in [0.05, 0.1) is 6.20 Å². The Bertz CT molecular complexity index is 252. The van der Waals surface area contributed by atoms with Crippen molar-refractivity contribution in [2.24, 2.45) is 10.8 Å². The van der Waals surface area contributed by atoms with Crippen LogP contribution in [0.5, 0.6) is 0 Å². The largest absolute Gasteiger partial charge is 0.356 e. The molecule has 0 aliphatic carbocycles. The minimum Gasteiger partial charge on any atom is -0.356 e. The lowest BCUT2D eigenvalue weighted by molar-refractivity contribution is 0.694. The molecule has 2 heterocycles. The summed E-state index contributed by atoms with van der Waals surface area (Å²) in [5.74, 6) is 6.83. The first kappa shape index (κ1) is 6.23. The Morgan fingerprint density at radius 2 is 2.55 bits per heavy atom. The van der Waals surface area contributed by atoms with Gasteiger partial charge in [0.2, 0.25) is 0 Å². The highest BCUT2D eigenvalue weighted by Gasteiger charge is 2.19. The Morgan fingerprint density at radius 1 is 1.64 bits per heavy atom. The average molecular weight is 151 g/mol. The molecular formula is C6H9N5. The average Bonchev–Trinajstić information content (AvgIpc) is 2.50. The van der Waals surface area contributed by atoms with Gasteiger partial charge in [-0.3, -0.25) is 0 Å². The molecule has 1 atom stereocenters. The third-order valence-corrected chi connectivity index (χ3v) is 1.61. The van der Waals surface area contributed by atoms with Gasteiger partial charge in [0.15, 0.2) is 0 Å². The van der Waals surface area contributed by atoms with E-state index >= 15 is 0 Å². The quantitative estimate of drug-likeness (QED) is 0.278. The van der Waals surface area contributed by atoms with E-state index in [9.17, 15) is 0 Å². The molecular weight excluding hydrogens is 142 g/mol. The van der Waals surface area contributed by atoms with Crippen LogP contribution in [-0.4, -0.2) is 11.9 Å². The summed E-state index contributed by atoms with van der Waals surface area (Å²) in [5.41, 5.74) is 2.50. The summed E-state index contributed by atoms with van der Waals surface area (Å²) in [6.07, 6.45) is 5.47. The molecule has 0 aromatic rings. The van der Waals surface area contributed by atoms with Gasteiger partial charge in [0.1, 0.15) is 17.7 Å². The van der Waals surface area contributed by atoms with Crippen molar-refractivity contribution in [1.29, 1.82) is 0 Å². The van der Waals surface area contributed by atoms with Crippen molar-refractivity contribution in [3.05, 3.63) is 24.3 Å². The molecule has 0 fully saturated rings. The summed E-state index contributed by atoms with van der Waals surface area (Å²) in [6.45, 7) is 0. The van der Waals surface area contributed by atoms with Gasteiger partial charge in [0.25, 0.3) is 0 Å². The maximum Gasteiger partial charge on any atom is 0.133 e. The molecule has 0 spiro atoms. The number of amidine groups is 1. The van der Waals surface area contributed by atoms with Crippen LogP contribution in [0.3, 0.4) is 0 Å². The SMILES string of the molecule is NNC1=CN=C2NC=CC2N1. The maximum atomic E-state index is 5.19. The van der Waals surface area contributed by atoms with Gasteiger partial charge < -0.3 is 16.1 Å². The molecule has 0 amide bonds. The summed E-state index contributed by atoms with van der Waals surface area (Å²) in [7, 11) is 0. The predicted octanol–water partition coefficient (Wildman–Crippen LogP) is -1.26. The smallest absolute Gasteiger partial charge is 0.133 e. The summed E-state index contributed by atoms with van der Waals surface area (Å²) in [4.78, 5) is 4.12. The van der Waals surface area contributed by atoms with Crippen molar-refractivity contribution in [3.8, 4) is 0 Å². The molecule has 2 aliphatic rings. The van der Waals surface area contributed by atoms with Crippen molar-refractivity contribution in [1.82, 2.24) is 16.1 Å². The number of nitrogens with zero attached hydrogens (tertiary/aromatic N) is 1. The number of aliphatic imine (C=N–C) groups is 1. The van der Waals surface area contributed by atoms with E-state index < -0.39 is 0 Å². The lowest BCUT2D eigenvalue weighted by Gasteiger charge is -2.18. The van der Waals surface area contributed by atoms with Crippen LogP contribution >= 0.6 is 0 Å². The normalized spacial score (nSPS) is 26.1. The topological polar surface area (TPSA) is 74.5 Å². The minimum absolute atomic E-state index is 0.144. The van der Waals surface area contributed by atoms with Crippen LogP contribution in [0.15, 0.2) is 29.3 Å². The highest BCUT2D eigenvalue weighted by molar-refractivity contribution is 5.93. The van der Waals surface area contributed by atoms with Gasteiger partial charge in [-0.25, -0.2) is 10.8 Å². The zero-order valence-corrected chi connectivity index (χ0v) is 5.83. The zero-order chi connectivity index (χ0) is 7.68. The lowest BCUT2D eigenvalue weighted by Crippen LogP contribution is -2.44. The fourth-order valence-electron chi connectivity index (χ4n) is 1.06. The summed E-state index contributed by atoms with van der Waals surface area (Å²) >= 11 is 0. The molecule has 2 aliphatic heterocycles. The van der Waals surface area contributed by atoms with Crippen molar-refractivity contribution >= 4 is 5.84 Å². The van der Waals surface area contributed by atoms with Crippen LogP contribution in [0.2, 0.25) is 0 Å². The van der Waals surface area contributed by atoms with Crippen LogP contribution in [0.25, 0.3) is 0 Å². The molecule has 11 heavy (non-hydrogen) atoms. The molecule has 58 valence electrons. The molecule has 2 rings (SSSR count). The fraction of sp³-hybridized carbons (Fsp3) is 0.167. The number of fused-ring (bicyclic) bond motifs is 1. The zero-order valence-electron chi connectivity index (χ0n) is 5.83. The van der Waals surface area contributed by atoms with Crippen LogP contribution < -0.4 is 21.9 Å². The highest BCUT2D eigenvalue weighted by Crippen LogP contribution is 2.04. The summed E-state index contributed by atoms with van der Waals surface area (Å²) < 4.78 is 0. The summed E-state index contributed by atoms with van der Waals surface area (Å²) in [6, 6.07) is 0.144. The first-order valence-corrected chi connectivity index (χ1v) is 3.34. The van der Waals surface area contributed by atoms with E-state index in [0.29, 0.717) is 0 Å². The summed E-state index contributed by atoms with van der Waals surface area (Å²) in [5, 5.41) is 6.11. The first-order chi connectivity index (χ1) is 5.40. The lowest BCUT2D eigenvalue weighted by atomic mass is 10.3. The van der Waals surface area contributed by atoms with Crippen LogP contribution in [-0.2, 0) is 0 Å². The molecule has 0 saturated heterocycles. The van der Waals surface area contributed by atoms with Crippen molar-refractivity contribution < 1.29 is 0 Å². The Kier molecular flexibility index (Phi) is 1.29. The minimum atomic E-state index is 0.144. The Balaban J connectivity index is 2.20. The Morgan fingerprint density at radius 3 is 3.36 bits per heavy atom. The number of nitrogens with two attached hydrogens (primary N) is 1. The number of hydrogen-bond acceptors (Lipinski definition) is 5. The van der Waals surface area contributed by atoms with Crippen molar-refractivity contribution in [2.45, 2.75) is 6.04 Å². The monoisotopic (exact) mass is 151 g/mol. The van der Waals surface area contributed by atoms with Crippen molar-refractivity contribution in [3.63, 3.8) is 0 Å². The van der Waals surface area contributed by atoms with E-state index in [1.54, 1.807) is 6.20 Å². The number of hydrogen-bond donors (Lipinski definition) is 4. The number of rotatable bonds is 1. The molecule has 5 nitrogen and oxygen atoms in total. The van der Waals surface area contributed by atoms with Gasteiger partial charge in [0, 0.05) is 6.20 Å². The molecule has 0 bridgehead atoms. The predicted molar refractivity (Wildman–Crippen MR) is 42.0 cm³/mol. The van der Waals surface area contributed by atoms with E-state index in [1.165, 1.54) is 0 Å². The molecule has 5 heteroatoms. The van der Waals surface area contributed by atoms with Gasteiger partial charge in [-0.05, 0) is 6.08 Å². The molecule has 1 unspecified atom stereocenters. The molecule has 0 saturated carbocycles. The Hall–Kier alpha value is -1.49. The molecule has 0 radical (unpaired) electrons. The Labute approximate surface area is 64.0 Å². The third kappa shape index (κ3) is 0.947. The standard InChI is InChI=1S/C6H9N5/c7-11-5-3-9-6-4(10-5)1-2-8-6/h1-4,10-11H,7H2,(H,8,9). The van der Waals surface area contributed by atoms with Gasteiger partial charge >= 0.3 is 0 Å². The van der Waals surface area contributed by atoms with E-state index in [0.717, 1.165) is 11.7 Å². The second kappa shape index (κ2) is 2.28. The van der Waals surface area contributed by atoms with Crippen LogP contribution in [0.1, 0.15) is 0 Å². The second-order valence-electron chi connectivity index (χ2n) is 2.33. The van der Waals surface area contributed by atoms with E-state index in [-0.39, 0.29) is 6.04 Å². The molecule has 5 N–H and O–H groups in total. The number of hydrazine groups is 1. The first-order valence-electron chi connectivity index (χ1n) is 3.34. The number of nitrogens with one attached hydrogen (secondary N) is 3. The second-order valence-corrected chi connectivity index (χ2v) is 2.33. The van der Waals surface area contributed by atoms with Crippen LogP contribution in [0.4, 0.5) is 0 Å². The van der Waals surface area contributed by atoms with Gasteiger partial charge in [-0.15, -0.1) is 0 Å². The van der Waals surface area contributed by atoms with E-state index in [1.807, 2.05) is 12.3 Å². The van der Waals surface area contributed by atoms with Crippen molar-refractivity contribution in [2.75, 3.05) is 0 Å². The van der Waals surface area contributed by atoms with E-state index in [4.69, 9.17) is 5.84 Å². The third-order valence-electron chi connectivity index (χ3n) is 1.61. The fourth-order valence-corrected chi connectivity index (χ4v) is 1.06. The molecule has 0 aromatic heterocycles. The van der Waals surface area contributed by atoms with E-state index in [2.05, 4.69) is 21.1 Å². The van der Waals surface area contributed by atoms with Gasteiger partial charge in [-0.2, -0.15) is 0 Å². The molecule has 0 aromatic carbocycles.